The molecular formula is C16H18N2. The molecular weight excluding hydrogens is 220 g/mol. The van der Waals surface area contributed by atoms with Crippen LogP contribution in [0.5, 0.6) is 0 Å². The Hall–Kier alpha value is -1.96. The van der Waals surface area contributed by atoms with Crippen LogP contribution in [0.15, 0.2) is 46.4 Å². The van der Waals surface area contributed by atoms with E-state index in [-0.39, 0.29) is 0 Å². The van der Waals surface area contributed by atoms with Gasteiger partial charge in [-0.25, -0.2) is 0 Å². The molecule has 92 valence electrons. The minimum Gasteiger partial charge on any atom is -0.258 e. The second-order valence-corrected chi connectivity index (χ2v) is 4.77. The SMILES string of the molecule is CC(C)=Nc1cccc2cccc(N=C(C)C)c12. The summed E-state index contributed by atoms with van der Waals surface area (Å²) in [7, 11) is 0. The van der Waals surface area contributed by atoms with Crippen LogP contribution in [-0.4, -0.2) is 11.4 Å². The zero-order chi connectivity index (χ0) is 13.1. The molecule has 0 aromatic heterocycles. The third kappa shape index (κ3) is 2.65. The highest BCUT2D eigenvalue weighted by Crippen LogP contribution is 2.34. The Bertz CT molecular complexity index is 576. The first-order chi connectivity index (χ1) is 8.58. The van der Waals surface area contributed by atoms with Crippen molar-refractivity contribution in [2.75, 3.05) is 0 Å². The normalized spacial score (nSPS) is 10.2. The van der Waals surface area contributed by atoms with Crippen LogP contribution >= 0.6 is 0 Å². The highest BCUT2D eigenvalue weighted by molar-refractivity contribution is 6.04. The minimum absolute atomic E-state index is 0.994. The number of benzene rings is 2. The van der Waals surface area contributed by atoms with E-state index >= 15 is 0 Å². The number of aliphatic imine (C=N–C) groups is 2. The molecule has 2 heteroatoms. The molecule has 0 radical (unpaired) electrons. The molecule has 0 saturated carbocycles. The lowest BCUT2D eigenvalue weighted by atomic mass is 10.1. The lowest BCUT2D eigenvalue weighted by molar-refractivity contribution is 1.47. The first-order valence-electron chi connectivity index (χ1n) is 6.13. The molecule has 0 atom stereocenters. The summed E-state index contributed by atoms with van der Waals surface area (Å²) in [5, 5.41) is 2.31. The standard InChI is InChI=1S/C16H18N2/c1-11(2)17-14-9-5-7-13-8-6-10-15(16(13)14)18-12(3)4/h5-10H,1-4H3. The fourth-order valence-electron chi connectivity index (χ4n) is 1.97. The lowest BCUT2D eigenvalue weighted by Gasteiger charge is -2.06. The number of hydrogen-bond donors (Lipinski definition) is 0. The van der Waals surface area contributed by atoms with Crippen LogP contribution in [0, 0.1) is 0 Å². The Morgan fingerprint density at radius 3 is 1.56 bits per heavy atom. The Labute approximate surface area is 108 Å². The smallest absolute Gasteiger partial charge is 0.0728 e. The molecule has 0 amide bonds. The summed E-state index contributed by atoms with van der Waals surface area (Å²) in [6.45, 7) is 8.04. The molecule has 2 nitrogen and oxygen atoms in total. The van der Waals surface area contributed by atoms with Gasteiger partial charge in [-0.1, -0.05) is 24.3 Å². The first kappa shape index (κ1) is 12.5. The predicted molar refractivity (Wildman–Crippen MR) is 80.8 cm³/mol. The molecule has 18 heavy (non-hydrogen) atoms. The van der Waals surface area contributed by atoms with Crippen LogP contribution in [0.1, 0.15) is 27.7 Å². The van der Waals surface area contributed by atoms with Crippen LogP contribution in [0.25, 0.3) is 10.8 Å². The predicted octanol–water partition coefficient (Wildman–Crippen LogP) is 5.06. The van der Waals surface area contributed by atoms with E-state index in [4.69, 9.17) is 0 Å². The maximum absolute atomic E-state index is 4.60. The number of nitrogens with zero attached hydrogens (tertiary/aromatic N) is 2. The number of rotatable bonds is 2. The van der Waals surface area contributed by atoms with E-state index in [9.17, 15) is 0 Å². The summed E-state index contributed by atoms with van der Waals surface area (Å²) in [5.41, 5.74) is 4.09. The first-order valence-corrected chi connectivity index (χ1v) is 6.13. The zero-order valence-electron chi connectivity index (χ0n) is 11.4. The monoisotopic (exact) mass is 238 g/mol. The summed E-state index contributed by atoms with van der Waals surface area (Å²) in [6.07, 6.45) is 0. The van der Waals surface area contributed by atoms with Crippen molar-refractivity contribution in [1.82, 2.24) is 0 Å². The Kier molecular flexibility index (Phi) is 3.56. The molecule has 0 aliphatic carbocycles. The largest absolute Gasteiger partial charge is 0.258 e. The van der Waals surface area contributed by atoms with Gasteiger partial charge in [0.05, 0.1) is 11.4 Å². The van der Waals surface area contributed by atoms with Gasteiger partial charge in [-0.2, -0.15) is 0 Å². The maximum atomic E-state index is 4.60. The highest BCUT2D eigenvalue weighted by atomic mass is 14.8. The van der Waals surface area contributed by atoms with E-state index in [0.717, 1.165) is 28.2 Å². The second-order valence-electron chi connectivity index (χ2n) is 4.77. The van der Waals surface area contributed by atoms with Crippen molar-refractivity contribution < 1.29 is 0 Å². The number of hydrogen-bond acceptors (Lipinski definition) is 2. The van der Waals surface area contributed by atoms with Gasteiger partial charge in [0.15, 0.2) is 0 Å². The summed E-state index contributed by atoms with van der Waals surface area (Å²) in [5.74, 6) is 0. The van der Waals surface area contributed by atoms with Crippen LogP contribution in [0.3, 0.4) is 0 Å². The third-order valence-electron chi connectivity index (χ3n) is 2.55. The Morgan fingerprint density at radius 2 is 1.17 bits per heavy atom. The summed E-state index contributed by atoms with van der Waals surface area (Å²) in [6, 6.07) is 12.4. The Balaban J connectivity index is 2.80. The molecule has 0 bridgehead atoms. The highest BCUT2D eigenvalue weighted by Gasteiger charge is 2.04. The molecule has 0 fully saturated rings. The van der Waals surface area contributed by atoms with Gasteiger partial charge in [-0.15, -0.1) is 0 Å². The van der Waals surface area contributed by atoms with E-state index in [1.807, 2.05) is 52.0 Å². The molecule has 2 rings (SSSR count). The van der Waals surface area contributed by atoms with Gasteiger partial charge in [0.1, 0.15) is 0 Å². The quantitative estimate of drug-likeness (QED) is 0.653. The summed E-state index contributed by atoms with van der Waals surface area (Å²) < 4.78 is 0. The van der Waals surface area contributed by atoms with E-state index in [1.165, 1.54) is 5.39 Å². The molecule has 0 heterocycles. The van der Waals surface area contributed by atoms with Crippen LogP contribution in [0.4, 0.5) is 11.4 Å². The molecule has 0 unspecified atom stereocenters. The minimum atomic E-state index is 0.994. The van der Waals surface area contributed by atoms with Gasteiger partial charge >= 0.3 is 0 Å². The molecule has 0 N–H and O–H groups in total. The Morgan fingerprint density at radius 1 is 0.722 bits per heavy atom. The van der Waals surface area contributed by atoms with Crippen LogP contribution in [-0.2, 0) is 0 Å². The molecule has 0 aliphatic heterocycles. The van der Waals surface area contributed by atoms with E-state index in [1.54, 1.807) is 0 Å². The average molecular weight is 238 g/mol. The van der Waals surface area contributed by atoms with Crippen molar-refractivity contribution >= 4 is 33.6 Å². The van der Waals surface area contributed by atoms with Gasteiger partial charge < -0.3 is 0 Å². The van der Waals surface area contributed by atoms with Gasteiger partial charge in [0.2, 0.25) is 0 Å². The fourth-order valence-corrected chi connectivity index (χ4v) is 1.97. The number of fused-ring (bicyclic) bond motifs is 1. The van der Waals surface area contributed by atoms with Gasteiger partial charge in [-0.3, -0.25) is 9.98 Å². The zero-order valence-corrected chi connectivity index (χ0v) is 11.4. The molecule has 2 aromatic rings. The van der Waals surface area contributed by atoms with E-state index in [2.05, 4.69) is 22.1 Å². The van der Waals surface area contributed by atoms with Crippen molar-refractivity contribution in [3.05, 3.63) is 36.4 Å². The van der Waals surface area contributed by atoms with Gasteiger partial charge in [0, 0.05) is 16.8 Å². The van der Waals surface area contributed by atoms with Crippen LogP contribution < -0.4 is 0 Å². The van der Waals surface area contributed by atoms with Crippen molar-refractivity contribution in [1.29, 1.82) is 0 Å². The summed E-state index contributed by atoms with van der Waals surface area (Å²) in [4.78, 5) is 9.21. The van der Waals surface area contributed by atoms with Gasteiger partial charge in [-0.05, 0) is 45.2 Å². The second kappa shape index (κ2) is 5.13. The third-order valence-corrected chi connectivity index (χ3v) is 2.55. The topological polar surface area (TPSA) is 24.7 Å². The van der Waals surface area contributed by atoms with Crippen molar-refractivity contribution in [3.8, 4) is 0 Å². The van der Waals surface area contributed by atoms with E-state index < -0.39 is 0 Å². The molecule has 0 saturated heterocycles. The summed E-state index contributed by atoms with van der Waals surface area (Å²) >= 11 is 0. The van der Waals surface area contributed by atoms with Crippen molar-refractivity contribution in [3.63, 3.8) is 0 Å². The molecule has 2 aromatic carbocycles. The van der Waals surface area contributed by atoms with Crippen molar-refractivity contribution in [2.45, 2.75) is 27.7 Å². The van der Waals surface area contributed by atoms with Gasteiger partial charge in [0.25, 0.3) is 0 Å². The van der Waals surface area contributed by atoms with Crippen molar-refractivity contribution in [2.24, 2.45) is 9.98 Å². The molecule has 0 aliphatic rings. The van der Waals surface area contributed by atoms with E-state index in [0.29, 0.717) is 0 Å². The lowest BCUT2D eigenvalue weighted by Crippen LogP contribution is -1.83. The fraction of sp³-hybridized carbons (Fsp3) is 0.250. The van der Waals surface area contributed by atoms with Crippen LogP contribution in [0.2, 0.25) is 0 Å². The average Bonchev–Trinajstić information content (AvgIpc) is 2.27. The maximum Gasteiger partial charge on any atom is 0.0728 e. The molecule has 0 spiro atoms.